The Morgan fingerprint density at radius 2 is 1.89 bits per heavy atom. The first-order chi connectivity index (χ1) is 13.7. The predicted molar refractivity (Wildman–Crippen MR) is 110 cm³/mol. The normalized spacial score (nSPS) is 15.6. The van der Waals surface area contributed by atoms with E-state index in [2.05, 4.69) is 48.0 Å². The Morgan fingerprint density at radius 1 is 1.04 bits per heavy atom. The third-order valence-corrected chi connectivity index (χ3v) is 5.39. The van der Waals surface area contributed by atoms with Crippen LogP contribution in [0.15, 0.2) is 57.5 Å². The molecule has 3 aromatic rings. The Balaban J connectivity index is 1.33. The quantitative estimate of drug-likeness (QED) is 0.587. The van der Waals surface area contributed by atoms with Crippen LogP contribution in [0.4, 0.5) is 10.1 Å². The summed E-state index contributed by atoms with van der Waals surface area (Å²) in [7, 11) is 0. The average molecular weight is 445 g/mol. The maximum atomic E-state index is 13.1. The third kappa shape index (κ3) is 4.97. The molecule has 2 heterocycles. The molecule has 7 heteroatoms. The van der Waals surface area contributed by atoms with E-state index < -0.39 is 0 Å². The Morgan fingerprint density at radius 3 is 2.71 bits per heavy atom. The van der Waals surface area contributed by atoms with Gasteiger partial charge in [0.25, 0.3) is 0 Å². The topological polar surface area (TPSA) is 45.4 Å². The molecule has 0 radical (unpaired) electrons. The first-order valence-electron chi connectivity index (χ1n) is 9.44. The van der Waals surface area contributed by atoms with Gasteiger partial charge in [-0.25, -0.2) is 4.39 Å². The van der Waals surface area contributed by atoms with E-state index in [1.807, 2.05) is 24.3 Å². The van der Waals surface area contributed by atoms with Crippen LogP contribution in [0.2, 0.25) is 0 Å². The highest BCUT2D eigenvalue weighted by Gasteiger charge is 2.18. The zero-order valence-corrected chi connectivity index (χ0v) is 17.1. The Bertz CT molecular complexity index is 915. The maximum Gasteiger partial charge on any atom is 0.240 e. The highest BCUT2D eigenvalue weighted by Crippen LogP contribution is 2.18. The summed E-state index contributed by atoms with van der Waals surface area (Å²) < 4.78 is 19.7. The molecule has 0 aliphatic carbocycles. The molecule has 0 N–H and O–H groups in total. The highest BCUT2D eigenvalue weighted by atomic mass is 79.9. The Kier molecular flexibility index (Phi) is 6.02. The van der Waals surface area contributed by atoms with Crippen molar-refractivity contribution in [3.05, 3.63) is 76.1 Å². The van der Waals surface area contributed by atoms with Crippen molar-refractivity contribution in [2.75, 3.05) is 31.1 Å². The minimum absolute atomic E-state index is 0.199. The van der Waals surface area contributed by atoms with Crippen LogP contribution in [0.5, 0.6) is 0 Å². The lowest BCUT2D eigenvalue weighted by Gasteiger charge is -2.23. The zero-order valence-electron chi connectivity index (χ0n) is 15.5. The number of aromatic nitrogens is 2. The summed E-state index contributed by atoms with van der Waals surface area (Å²) in [6, 6.07) is 14.8. The molecule has 4 rings (SSSR count). The van der Waals surface area contributed by atoms with Gasteiger partial charge in [0.05, 0.1) is 6.54 Å². The van der Waals surface area contributed by atoms with E-state index in [0.717, 1.165) is 48.3 Å². The van der Waals surface area contributed by atoms with Crippen molar-refractivity contribution >= 4 is 21.6 Å². The molecular formula is C21H22BrFN4O. The van der Waals surface area contributed by atoms with Crippen molar-refractivity contribution in [3.63, 3.8) is 0 Å². The molecule has 0 bridgehead atoms. The molecule has 146 valence electrons. The van der Waals surface area contributed by atoms with Gasteiger partial charge in [0.2, 0.25) is 5.89 Å². The van der Waals surface area contributed by atoms with Crippen molar-refractivity contribution in [1.29, 1.82) is 0 Å². The van der Waals surface area contributed by atoms with Crippen LogP contribution < -0.4 is 4.90 Å². The molecule has 28 heavy (non-hydrogen) atoms. The fraction of sp³-hybridized carbons (Fsp3) is 0.333. The minimum atomic E-state index is -0.199. The van der Waals surface area contributed by atoms with Crippen molar-refractivity contribution in [1.82, 2.24) is 15.0 Å². The molecule has 0 atom stereocenters. The van der Waals surface area contributed by atoms with Crippen molar-refractivity contribution in [3.8, 4) is 0 Å². The van der Waals surface area contributed by atoms with E-state index in [9.17, 15) is 4.39 Å². The molecule has 1 fully saturated rings. The number of hydrogen-bond acceptors (Lipinski definition) is 5. The van der Waals surface area contributed by atoms with Gasteiger partial charge in [-0.1, -0.05) is 33.2 Å². The standard InChI is InChI=1S/C21H22BrFN4O/c22-17-4-1-3-16(13-17)14-20-24-21(28-25-20)15-26-9-2-10-27(12-11-26)19-7-5-18(23)6-8-19/h1,3-8,13H,2,9-12,14-15H2. The zero-order chi connectivity index (χ0) is 19.3. The number of benzene rings is 2. The molecule has 0 saturated carbocycles. The van der Waals surface area contributed by atoms with E-state index >= 15 is 0 Å². The monoisotopic (exact) mass is 444 g/mol. The van der Waals surface area contributed by atoms with Crippen LogP contribution in [0.1, 0.15) is 23.7 Å². The fourth-order valence-electron chi connectivity index (χ4n) is 3.49. The number of rotatable bonds is 5. The van der Waals surface area contributed by atoms with Gasteiger partial charge in [-0.15, -0.1) is 0 Å². The molecule has 1 aliphatic heterocycles. The largest absolute Gasteiger partial charge is 0.370 e. The number of anilines is 1. The second kappa shape index (κ2) is 8.84. The van der Waals surface area contributed by atoms with Crippen molar-refractivity contribution in [2.24, 2.45) is 0 Å². The lowest BCUT2D eigenvalue weighted by atomic mass is 10.1. The minimum Gasteiger partial charge on any atom is -0.370 e. The average Bonchev–Trinajstić information content (AvgIpc) is 2.98. The van der Waals surface area contributed by atoms with Gasteiger partial charge < -0.3 is 9.42 Å². The van der Waals surface area contributed by atoms with Gasteiger partial charge >= 0.3 is 0 Å². The van der Waals surface area contributed by atoms with Crippen molar-refractivity contribution in [2.45, 2.75) is 19.4 Å². The lowest BCUT2D eigenvalue weighted by Crippen LogP contribution is -2.30. The molecule has 0 amide bonds. The van der Waals surface area contributed by atoms with Crippen LogP contribution in [0, 0.1) is 5.82 Å². The molecule has 0 unspecified atom stereocenters. The summed E-state index contributed by atoms with van der Waals surface area (Å²) in [5, 5.41) is 4.13. The second-order valence-electron chi connectivity index (χ2n) is 7.00. The van der Waals surface area contributed by atoms with Gasteiger partial charge in [0.15, 0.2) is 5.82 Å². The second-order valence-corrected chi connectivity index (χ2v) is 7.92. The van der Waals surface area contributed by atoms with Gasteiger partial charge in [-0.2, -0.15) is 4.98 Å². The summed E-state index contributed by atoms with van der Waals surface area (Å²) in [6.45, 7) is 4.38. The predicted octanol–water partition coefficient (Wildman–Crippen LogP) is 4.27. The molecule has 1 aromatic heterocycles. The first kappa shape index (κ1) is 19.1. The molecule has 1 saturated heterocycles. The summed E-state index contributed by atoms with van der Waals surface area (Å²) >= 11 is 3.49. The molecule has 5 nitrogen and oxygen atoms in total. The van der Waals surface area contributed by atoms with E-state index in [-0.39, 0.29) is 5.82 Å². The van der Waals surface area contributed by atoms with E-state index in [0.29, 0.717) is 24.7 Å². The van der Waals surface area contributed by atoms with Crippen LogP contribution in [-0.4, -0.2) is 41.2 Å². The third-order valence-electron chi connectivity index (χ3n) is 4.90. The molecule has 0 spiro atoms. The maximum absolute atomic E-state index is 13.1. The lowest BCUT2D eigenvalue weighted by molar-refractivity contribution is 0.239. The molecule has 1 aliphatic rings. The molecular weight excluding hydrogens is 423 g/mol. The van der Waals surface area contributed by atoms with Crippen molar-refractivity contribution < 1.29 is 8.91 Å². The van der Waals surface area contributed by atoms with E-state index in [1.165, 1.54) is 12.1 Å². The number of nitrogens with zero attached hydrogens (tertiary/aromatic N) is 4. The summed E-state index contributed by atoms with van der Waals surface area (Å²) in [5.41, 5.74) is 2.21. The highest BCUT2D eigenvalue weighted by molar-refractivity contribution is 9.10. The smallest absolute Gasteiger partial charge is 0.240 e. The molecule has 2 aromatic carbocycles. The number of halogens is 2. The summed E-state index contributed by atoms with van der Waals surface area (Å²) in [4.78, 5) is 9.19. The van der Waals surface area contributed by atoms with E-state index in [4.69, 9.17) is 4.52 Å². The van der Waals surface area contributed by atoms with Gasteiger partial charge in [-0.3, -0.25) is 4.90 Å². The SMILES string of the molecule is Fc1ccc(N2CCCN(Cc3nc(Cc4cccc(Br)c4)no3)CC2)cc1. The van der Waals surface area contributed by atoms with Gasteiger partial charge in [-0.05, 0) is 48.4 Å². The van der Waals surface area contributed by atoms with Crippen LogP contribution in [-0.2, 0) is 13.0 Å². The first-order valence-corrected chi connectivity index (χ1v) is 10.2. The van der Waals surface area contributed by atoms with Crippen LogP contribution in [0.3, 0.4) is 0 Å². The van der Waals surface area contributed by atoms with Gasteiger partial charge in [0.1, 0.15) is 5.82 Å². The summed E-state index contributed by atoms with van der Waals surface area (Å²) in [5.74, 6) is 1.16. The number of hydrogen-bond donors (Lipinski definition) is 0. The van der Waals surface area contributed by atoms with Gasteiger partial charge in [0, 0.05) is 42.8 Å². The Labute approximate surface area is 172 Å². The fourth-order valence-corrected chi connectivity index (χ4v) is 3.93. The van der Waals surface area contributed by atoms with Crippen LogP contribution >= 0.6 is 15.9 Å². The Hall–Kier alpha value is -2.25. The van der Waals surface area contributed by atoms with Crippen LogP contribution in [0.25, 0.3) is 0 Å². The van der Waals surface area contributed by atoms with E-state index in [1.54, 1.807) is 0 Å². The summed E-state index contributed by atoms with van der Waals surface area (Å²) in [6.07, 6.45) is 1.69.